The molecule has 0 atom stereocenters. The zero-order valence-corrected chi connectivity index (χ0v) is 8.47. The SMILES string of the molecule is Cc1nc2cc(Cl)ccc2cc1NN. The van der Waals surface area contributed by atoms with Gasteiger partial charge in [-0.2, -0.15) is 0 Å². The van der Waals surface area contributed by atoms with Crippen LogP contribution in [0.1, 0.15) is 5.69 Å². The second-order valence-electron chi connectivity index (χ2n) is 3.10. The Balaban J connectivity index is 2.73. The van der Waals surface area contributed by atoms with E-state index < -0.39 is 0 Å². The first kappa shape index (κ1) is 9.24. The van der Waals surface area contributed by atoms with E-state index in [0.717, 1.165) is 22.3 Å². The molecule has 1 heterocycles. The molecule has 3 nitrogen and oxygen atoms in total. The number of anilines is 1. The van der Waals surface area contributed by atoms with E-state index in [1.807, 2.05) is 31.2 Å². The van der Waals surface area contributed by atoms with Crippen molar-refractivity contribution in [3.63, 3.8) is 0 Å². The molecule has 1 aromatic heterocycles. The molecule has 0 unspecified atom stereocenters. The Hall–Kier alpha value is -1.32. The zero-order chi connectivity index (χ0) is 10.1. The fourth-order valence-corrected chi connectivity index (χ4v) is 1.55. The summed E-state index contributed by atoms with van der Waals surface area (Å²) in [6.45, 7) is 1.90. The van der Waals surface area contributed by atoms with Gasteiger partial charge in [-0.1, -0.05) is 17.7 Å². The maximum absolute atomic E-state index is 5.86. The Morgan fingerprint density at radius 1 is 1.36 bits per heavy atom. The van der Waals surface area contributed by atoms with Crippen LogP contribution >= 0.6 is 11.6 Å². The van der Waals surface area contributed by atoms with Crippen molar-refractivity contribution < 1.29 is 0 Å². The molecular formula is C10H10ClN3. The van der Waals surface area contributed by atoms with Crippen molar-refractivity contribution in [3.8, 4) is 0 Å². The van der Waals surface area contributed by atoms with Gasteiger partial charge in [-0.05, 0) is 25.1 Å². The van der Waals surface area contributed by atoms with Gasteiger partial charge in [0.05, 0.1) is 16.9 Å². The number of benzene rings is 1. The maximum atomic E-state index is 5.86. The lowest BCUT2D eigenvalue weighted by Gasteiger charge is -2.06. The summed E-state index contributed by atoms with van der Waals surface area (Å²) in [7, 11) is 0. The number of hydrogen-bond donors (Lipinski definition) is 2. The molecule has 0 amide bonds. The summed E-state index contributed by atoms with van der Waals surface area (Å²) in [5.41, 5.74) is 5.19. The average molecular weight is 208 g/mol. The number of fused-ring (bicyclic) bond motifs is 1. The number of aryl methyl sites for hydroxylation is 1. The van der Waals surface area contributed by atoms with Crippen LogP contribution in [0.25, 0.3) is 10.9 Å². The van der Waals surface area contributed by atoms with E-state index in [1.165, 1.54) is 0 Å². The molecule has 0 aliphatic carbocycles. The summed E-state index contributed by atoms with van der Waals surface area (Å²) in [6, 6.07) is 7.55. The molecule has 0 radical (unpaired) electrons. The van der Waals surface area contributed by atoms with Crippen LogP contribution in [-0.2, 0) is 0 Å². The molecule has 72 valence electrons. The van der Waals surface area contributed by atoms with E-state index in [1.54, 1.807) is 0 Å². The highest BCUT2D eigenvalue weighted by Gasteiger charge is 2.01. The molecule has 0 saturated heterocycles. The Morgan fingerprint density at radius 2 is 2.14 bits per heavy atom. The number of hydrogen-bond acceptors (Lipinski definition) is 3. The topological polar surface area (TPSA) is 50.9 Å². The van der Waals surface area contributed by atoms with Crippen LogP contribution in [0.4, 0.5) is 5.69 Å². The third-order valence-electron chi connectivity index (χ3n) is 2.13. The lowest BCUT2D eigenvalue weighted by Crippen LogP contribution is -2.08. The molecular weight excluding hydrogens is 198 g/mol. The van der Waals surface area contributed by atoms with Crippen molar-refractivity contribution >= 4 is 28.2 Å². The number of nitrogens with zero attached hydrogens (tertiary/aromatic N) is 1. The summed E-state index contributed by atoms with van der Waals surface area (Å²) >= 11 is 5.86. The van der Waals surface area contributed by atoms with Crippen molar-refractivity contribution in [2.24, 2.45) is 5.84 Å². The molecule has 0 saturated carbocycles. The maximum Gasteiger partial charge on any atom is 0.0721 e. The quantitative estimate of drug-likeness (QED) is 0.558. The highest BCUT2D eigenvalue weighted by Crippen LogP contribution is 2.22. The van der Waals surface area contributed by atoms with Crippen LogP contribution in [0, 0.1) is 6.92 Å². The van der Waals surface area contributed by atoms with E-state index in [2.05, 4.69) is 10.4 Å². The summed E-state index contributed by atoms with van der Waals surface area (Å²) in [4.78, 5) is 4.38. The molecule has 4 heteroatoms. The predicted octanol–water partition coefficient (Wildman–Crippen LogP) is 2.48. The minimum atomic E-state index is 0.692. The first-order valence-corrected chi connectivity index (χ1v) is 4.62. The smallest absolute Gasteiger partial charge is 0.0721 e. The predicted molar refractivity (Wildman–Crippen MR) is 59.3 cm³/mol. The molecule has 1 aromatic carbocycles. The monoisotopic (exact) mass is 207 g/mol. The third kappa shape index (κ3) is 1.52. The number of nitrogen functional groups attached to an aromatic ring is 1. The number of hydrazine groups is 1. The highest BCUT2D eigenvalue weighted by atomic mass is 35.5. The largest absolute Gasteiger partial charge is 0.322 e. The Bertz CT molecular complexity index is 482. The first-order chi connectivity index (χ1) is 6.70. The molecule has 14 heavy (non-hydrogen) atoms. The van der Waals surface area contributed by atoms with Gasteiger partial charge in [-0.15, -0.1) is 0 Å². The molecule has 3 N–H and O–H groups in total. The summed E-state index contributed by atoms with van der Waals surface area (Å²) < 4.78 is 0. The average Bonchev–Trinajstić information content (AvgIpc) is 2.16. The van der Waals surface area contributed by atoms with Gasteiger partial charge in [0.1, 0.15) is 0 Å². The van der Waals surface area contributed by atoms with Gasteiger partial charge in [-0.25, -0.2) is 0 Å². The Morgan fingerprint density at radius 3 is 2.86 bits per heavy atom. The fourth-order valence-electron chi connectivity index (χ4n) is 1.38. The Kier molecular flexibility index (Phi) is 2.27. The van der Waals surface area contributed by atoms with E-state index in [-0.39, 0.29) is 0 Å². The lowest BCUT2D eigenvalue weighted by atomic mass is 10.2. The third-order valence-corrected chi connectivity index (χ3v) is 2.36. The summed E-state index contributed by atoms with van der Waals surface area (Å²) in [5, 5.41) is 1.71. The normalized spacial score (nSPS) is 10.5. The summed E-state index contributed by atoms with van der Waals surface area (Å²) in [5.74, 6) is 5.36. The fraction of sp³-hybridized carbons (Fsp3) is 0.100. The van der Waals surface area contributed by atoms with E-state index in [0.29, 0.717) is 5.02 Å². The van der Waals surface area contributed by atoms with Crippen LogP contribution in [0.2, 0.25) is 5.02 Å². The second-order valence-corrected chi connectivity index (χ2v) is 3.54. The van der Waals surface area contributed by atoms with Gasteiger partial charge in [0.2, 0.25) is 0 Å². The van der Waals surface area contributed by atoms with Crippen molar-refractivity contribution in [1.29, 1.82) is 0 Å². The van der Waals surface area contributed by atoms with Crippen molar-refractivity contribution in [1.82, 2.24) is 4.98 Å². The van der Waals surface area contributed by atoms with Crippen molar-refractivity contribution in [2.75, 3.05) is 5.43 Å². The van der Waals surface area contributed by atoms with Gasteiger partial charge < -0.3 is 5.43 Å². The minimum Gasteiger partial charge on any atom is -0.322 e. The standard InChI is InChI=1S/C10H10ClN3/c1-6-9(14-12)4-7-2-3-8(11)5-10(7)13-6/h2-5,14H,12H2,1H3. The number of nitrogens with two attached hydrogens (primary N) is 1. The van der Waals surface area contributed by atoms with Gasteiger partial charge in [0.15, 0.2) is 0 Å². The minimum absolute atomic E-state index is 0.692. The van der Waals surface area contributed by atoms with E-state index in [4.69, 9.17) is 17.4 Å². The molecule has 0 spiro atoms. The van der Waals surface area contributed by atoms with Crippen LogP contribution in [0.5, 0.6) is 0 Å². The number of aromatic nitrogens is 1. The lowest BCUT2D eigenvalue weighted by molar-refractivity contribution is 1.21. The van der Waals surface area contributed by atoms with Gasteiger partial charge >= 0.3 is 0 Å². The molecule has 0 fully saturated rings. The van der Waals surface area contributed by atoms with Crippen molar-refractivity contribution in [2.45, 2.75) is 6.92 Å². The van der Waals surface area contributed by atoms with Gasteiger partial charge in [0, 0.05) is 10.4 Å². The molecule has 2 aromatic rings. The number of nitrogens with one attached hydrogen (secondary N) is 1. The second kappa shape index (κ2) is 3.44. The van der Waals surface area contributed by atoms with Crippen LogP contribution in [0.3, 0.4) is 0 Å². The van der Waals surface area contributed by atoms with Gasteiger partial charge in [0.25, 0.3) is 0 Å². The molecule has 0 bridgehead atoms. The van der Waals surface area contributed by atoms with Gasteiger partial charge in [-0.3, -0.25) is 10.8 Å². The highest BCUT2D eigenvalue weighted by molar-refractivity contribution is 6.31. The number of rotatable bonds is 1. The van der Waals surface area contributed by atoms with E-state index in [9.17, 15) is 0 Å². The zero-order valence-electron chi connectivity index (χ0n) is 7.71. The molecule has 2 rings (SSSR count). The summed E-state index contributed by atoms with van der Waals surface area (Å²) in [6.07, 6.45) is 0. The van der Waals surface area contributed by atoms with Crippen LogP contribution in [-0.4, -0.2) is 4.98 Å². The van der Waals surface area contributed by atoms with Crippen molar-refractivity contribution in [3.05, 3.63) is 35.0 Å². The Labute approximate surface area is 86.9 Å². The molecule has 0 aliphatic rings. The van der Waals surface area contributed by atoms with E-state index >= 15 is 0 Å². The first-order valence-electron chi connectivity index (χ1n) is 4.24. The van der Waals surface area contributed by atoms with Crippen LogP contribution < -0.4 is 11.3 Å². The number of pyridine rings is 1. The molecule has 0 aliphatic heterocycles. The number of halogens is 1. The van der Waals surface area contributed by atoms with Crippen LogP contribution in [0.15, 0.2) is 24.3 Å².